The highest BCUT2D eigenvalue weighted by molar-refractivity contribution is 5.87. The first-order chi connectivity index (χ1) is 12.3. The van der Waals surface area contributed by atoms with Gasteiger partial charge in [-0.1, -0.05) is 6.58 Å². The number of likely N-dealkylation sites (tertiary alicyclic amines) is 1. The Kier molecular flexibility index (Phi) is 6.59. The Balaban J connectivity index is 1.68. The van der Waals surface area contributed by atoms with Crippen LogP contribution in [0.15, 0.2) is 31.0 Å². The van der Waals surface area contributed by atoms with Crippen LogP contribution in [0.2, 0.25) is 0 Å². The summed E-state index contributed by atoms with van der Waals surface area (Å²) in [6, 6.07) is 2.02. The van der Waals surface area contributed by atoms with E-state index in [1.165, 1.54) is 6.08 Å². The number of halogens is 3. The van der Waals surface area contributed by atoms with E-state index in [-0.39, 0.29) is 36.8 Å². The van der Waals surface area contributed by atoms with E-state index in [9.17, 15) is 22.8 Å². The molecule has 0 bridgehead atoms. The maximum atomic E-state index is 12.4. The van der Waals surface area contributed by atoms with Gasteiger partial charge in [-0.3, -0.25) is 9.59 Å². The zero-order valence-corrected chi connectivity index (χ0v) is 14.1. The maximum Gasteiger partial charge on any atom is 0.417 e. The molecule has 1 fully saturated rings. The van der Waals surface area contributed by atoms with Crippen LogP contribution in [0.1, 0.15) is 18.4 Å². The molecule has 1 aromatic rings. The van der Waals surface area contributed by atoms with Crippen LogP contribution < -0.4 is 10.1 Å². The van der Waals surface area contributed by atoms with E-state index in [1.807, 2.05) is 0 Å². The summed E-state index contributed by atoms with van der Waals surface area (Å²) in [6.07, 6.45) is -1.33. The van der Waals surface area contributed by atoms with E-state index in [0.29, 0.717) is 32.1 Å². The Hall–Kier alpha value is -2.58. The summed E-state index contributed by atoms with van der Waals surface area (Å²) < 4.78 is 42.5. The number of nitrogens with zero attached hydrogens (tertiary/aromatic N) is 2. The van der Waals surface area contributed by atoms with Crippen molar-refractivity contribution < 1.29 is 27.5 Å². The highest BCUT2D eigenvalue weighted by Crippen LogP contribution is 2.29. The molecule has 0 atom stereocenters. The second-order valence-electron chi connectivity index (χ2n) is 5.83. The van der Waals surface area contributed by atoms with Crippen LogP contribution in [0.25, 0.3) is 0 Å². The molecule has 0 saturated carbocycles. The summed E-state index contributed by atoms with van der Waals surface area (Å²) in [5, 5.41) is 2.72. The molecule has 142 valence electrons. The van der Waals surface area contributed by atoms with Crippen LogP contribution >= 0.6 is 0 Å². The molecule has 2 rings (SSSR count). The largest absolute Gasteiger partial charge is 0.476 e. The summed E-state index contributed by atoms with van der Waals surface area (Å²) in [5.41, 5.74) is -0.848. The number of rotatable bonds is 6. The SMILES string of the molecule is C=CC(=O)N1CCC(C(=O)NCCOc2ccc(C(F)(F)F)cn2)CC1. The summed E-state index contributed by atoms with van der Waals surface area (Å²) in [7, 11) is 0. The molecule has 2 heterocycles. The van der Waals surface area contributed by atoms with E-state index in [2.05, 4.69) is 16.9 Å². The summed E-state index contributed by atoms with van der Waals surface area (Å²) in [6.45, 7) is 4.76. The van der Waals surface area contributed by atoms with Gasteiger partial charge >= 0.3 is 6.18 Å². The van der Waals surface area contributed by atoms with Crippen LogP contribution in [-0.4, -0.2) is 47.9 Å². The topological polar surface area (TPSA) is 71.5 Å². The Morgan fingerprint density at radius 3 is 2.58 bits per heavy atom. The van der Waals surface area contributed by atoms with Crippen LogP contribution in [-0.2, 0) is 15.8 Å². The van der Waals surface area contributed by atoms with Crippen molar-refractivity contribution in [2.24, 2.45) is 5.92 Å². The lowest BCUT2D eigenvalue weighted by atomic mass is 9.96. The first-order valence-electron chi connectivity index (χ1n) is 8.16. The number of aromatic nitrogens is 1. The maximum absolute atomic E-state index is 12.4. The summed E-state index contributed by atoms with van der Waals surface area (Å²) >= 11 is 0. The van der Waals surface area contributed by atoms with Gasteiger partial charge in [0, 0.05) is 31.3 Å². The molecule has 26 heavy (non-hydrogen) atoms. The third kappa shape index (κ3) is 5.47. The molecular weight excluding hydrogens is 351 g/mol. The molecule has 2 amide bonds. The molecule has 0 radical (unpaired) electrons. The van der Waals surface area contributed by atoms with Gasteiger partial charge in [0.2, 0.25) is 17.7 Å². The number of nitrogens with one attached hydrogen (secondary N) is 1. The number of amides is 2. The fraction of sp³-hybridized carbons (Fsp3) is 0.471. The van der Waals surface area contributed by atoms with E-state index in [0.717, 1.165) is 12.1 Å². The van der Waals surface area contributed by atoms with Crippen LogP contribution in [0.3, 0.4) is 0 Å². The molecular formula is C17H20F3N3O3. The fourth-order valence-corrected chi connectivity index (χ4v) is 2.60. The Labute approximate surface area is 149 Å². The van der Waals surface area contributed by atoms with Gasteiger partial charge < -0.3 is 15.0 Å². The number of pyridine rings is 1. The standard InChI is InChI=1S/C17H20F3N3O3/c1-2-15(24)23-8-5-12(6-9-23)16(25)21-7-10-26-14-4-3-13(11-22-14)17(18,19)20/h2-4,11-12H,1,5-10H2,(H,21,25). The molecule has 1 aliphatic rings. The van der Waals surface area contributed by atoms with E-state index in [4.69, 9.17) is 4.74 Å². The lowest BCUT2D eigenvalue weighted by Gasteiger charge is -2.30. The lowest BCUT2D eigenvalue weighted by molar-refractivity contribution is -0.137. The summed E-state index contributed by atoms with van der Waals surface area (Å²) in [4.78, 5) is 28.8. The van der Waals surface area contributed by atoms with E-state index < -0.39 is 11.7 Å². The minimum atomic E-state index is -4.44. The molecule has 1 aromatic heterocycles. The number of hydrogen-bond donors (Lipinski definition) is 1. The van der Waals surface area contributed by atoms with Gasteiger partial charge in [-0.15, -0.1) is 0 Å². The average Bonchev–Trinajstić information content (AvgIpc) is 2.64. The first kappa shape index (κ1) is 19.7. The molecule has 0 aromatic carbocycles. The Morgan fingerprint density at radius 2 is 2.04 bits per heavy atom. The quantitative estimate of drug-likeness (QED) is 0.614. The predicted molar refractivity (Wildman–Crippen MR) is 87.2 cm³/mol. The number of alkyl halides is 3. The molecule has 1 aliphatic heterocycles. The molecule has 1 N–H and O–H groups in total. The van der Waals surface area contributed by atoms with E-state index in [1.54, 1.807) is 4.90 Å². The van der Waals surface area contributed by atoms with Crippen molar-refractivity contribution in [3.63, 3.8) is 0 Å². The number of carbonyl (C=O) groups is 2. The highest BCUT2D eigenvalue weighted by atomic mass is 19.4. The van der Waals surface area contributed by atoms with Gasteiger partial charge in [0.15, 0.2) is 0 Å². The average molecular weight is 371 g/mol. The number of carbonyl (C=O) groups excluding carboxylic acids is 2. The summed E-state index contributed by atoms with van der Waals surface area (Å²) in [5.74, 6) is -0.377. The number of hydrogen-bond acceptors (Lipinski definition) is 4. The van der Waals surface area contributed by atoms with Crippen LogP contribution in [0.4, 0.5) is 13.2 Å². The number of ether oxygens (including phenoxy) is 1. The van der Waals surface area contributed by atoms with Crippen molar-refractivity contribution in [2.45, 2.75) is 19.0 Å². The van der Waals surface area contributed by atoms with Gasteiger partial charge in [-0.05, 0) is 25.0 Å². The monoisotopic (exact) mass is 371 g/mol. The zero-order chi connectivity index (χ0) is 19.2. The molecule has 6 nitrogen and oxygen atoms in total. The first-order valence-corrected chi connectivity index (χ1v) is 8.16. The zero-order valence-electron chi connectivity index (χ0n) is 14.1. The molecule has 1 saturated heterocycles. The molecule has 0 aliphatic carbocycles. The van der Waals surface area contributed by atoms with Crippen molar-refractivity contribution in [3.05, 3.63) is 36.5 Å². The minimum Gasteiger partial charge on any atom is -0.476 e. The molecule has 9 heteroatoms. The van der Waals surface area contributed by atoms with Crippen LogP contribution in [0, 0.1) is 5.92 Å². The van der Waals surface area contributed by atoms with Crippen LogP contribution in [0.5, 0.6) is 5.88 Å². The van der Waals surface area contributed by atoms with E-state index >= 15 is 0 Å². The second kappa shape index (κ2) is 8.68. The van der Waals surface area contributed by atoms with Gasteiger partial charge in [0.1, 0.15) is 6.61 Å². The fourth-order valence-electron chi connectivity index (χ4n) is 2.60. The lowest BCUT2D eigenvalue weighted by Crippen LogP contribution is -2.43. The van der Waals surface area contributed by atoms with Gasteiger partial charge in [0.05, 0.1) is 12.1 Å². The Morgan fingerprint density at radius 1 is 1.35 bits per heavy atom. The Bertz CT molecular complexity index is 639. The van der Waals surface area contributed by atoms with Crippen molar-refractivity contribution in [1.82, 2.24) is 15.2 Å². The van der Waals surface area contributed by atoms with Crippen molar-refractivity contribution >= 4 is 11.8 Å². The predicted octanol–water partition coefficient (Wildman–Crippen LogP) is 2.02. The van der Waals surface area contributed by atoms with Crippen molar-refractivity contribution in [3.8, 4) is 5.88 Å². The normalized spacial score (nSPS) is 15.4. The molecule has 0 spiro atoms. The molecule has 0 unspecified atom stereocenters. The second-order valence-corrected chi connectivity index (χ2v) is 5.83. The number of piperidine rings is 1. The van der Waals surface area contributed by atoms with Gasteiger partial charge in [-0.2, -0.15) is 13.2 Å². The smallest absolute Gasteiger partial charge is 0.417 e. The van der Waals surface area contributed by atoms with Gasteiger partial charge in [0.25, 0.3) is 0 Å². The highest BCUT2D eigenvalue weighted by Gasteiger charge is 2.30. The minimum absolute atomic E-state index is 0.0588. The van der Waals surface area contributed by atoms with Crippen molar-refractivity contribution in [1.29, 1.82) is 0 Å². The van der Waals surface area contributed by atoms with Crippen molar-refractivity contribution in [2.75, 3.05) is 26.2 Å². The third-order valence-electron chi connectivity index (χ3n) is 4.07. The third-order valence-corrected chi connectivity index (χ3v) is 4.07. The van der Waals surface area contributed by atoms with Gasteiger partial charge in [-0.25, -0.2) is 4.98 Å².